The number of carbonyl (C=O) groups excluding carboxylic acids is 1. The highest BCUT2D eigenvalue weighted by molar-refractivity contribution is 6.36. The number of rotatable bonds is 4. The second kappa shape index (κ2) is 8.78. The van der Waals surface area contributed by atoms with Gasteiger partial charge in [-0.3, -0.25) is 4.79 Å². The number of aromatic nitrogens is 3. The van der Waals surface area contributed by atoms with Crippen molar-refractivity contribution in [1.29, 1.82) is 0 Å². The number of halogens is 1. The van der Waals surface area contributed by atoms with E-state index in [1.807, 2.05) is 84.1 Å². The highest BCUT2D eigenvalue weighted by Crippen LogP contribution is 2.29. The number of anilines is 1. The van der Waals surface area contributed by atoms with Crippen LogP contribution >= 0.6 is 11.6 Å². The maximum Gasteiger partial charge on any atom is 0.289 e. The minimum atomic E-state index is -0.0605. The van der Waals surface area contributed by atoms with Gasteiger partial charge < -0.3 is 14.6 Å². The van der Waals surface area contributed by atoms with Gasteiger partial charge in [-0.2, -0.15) is 9.61 Å². The summed E-state index contributed by atoms with van der Waals surface area (Å²) in [5.74, 6) is 1.19. The maximum atomic E-state index is 13.0. The van der Waals surface area contributed by atoms with Crippen molar-refractivity contribution in [3.8, 4) is 11.3 Å². The smallest absolute Gasteiger partial charge is 0.289 e. The molecule has 1 fully saturated rings. The summed E-state index contributed by atoms with van der Waals surface area (Å²) in [6.45, 7) is 1.30. The highest BCUT2D eigenvalue weighted by atomic mass is 35.5. The second-order valence-corrected chi connectivity index (χ2v) is 9.34. The van der Waals surface area contributed by atoms with Gasteiger partial charge in [0.05, 0.1) is 5.69 Å². The summed E-state index contributed by atoms with van der Waals surface area (Å²) in [7, 11) is 2.00. The topological polar surface area (TPSA) is 75.7 Å². The van der Waals surface area contributed by atoms with Crippen LogP contribution in [0, 0.1) is 0 Å². The van der Waals surface area contributed by atoms with Crippen LogP contribution in [0.5, 0.6) is 0 Å². The first kappa shape index (κ1) is 21.7. The minimum absolute atomic E-state index is 0.0605. The molecule has 2 aromatic carbocycles. The molecular formula is C26H23BClN5O2. The molecule has 0 aliphatic carbocycles. The van der Waals surface area contributed by atoms with Crippen LogP contribution in [0.15, 0.2) is 71.3 Å². The number of furan rings is 1. The van der Waals surface area contributed by atoms with Gasteiger partial charge in [0.15, 0.2) is 11.4 Å². The van der Waals surface area contributed by atoms with Crippen molar-refractivity contribution in [3.63, 3.8) is 0 Å². The number of carbonyl (C=O) groups is 1. The fraction of sp³-hybridized carbons (Fsp3) is 0.192. The molecule has 5 aromatic rings. The van der Waals surface area contributed by atoms with Crippen molar-refractivity contribution in [2.45, 2.75) is 18.9 Å². The van der Waals surface area contributed by atoms with Gasteiger partial charge >= 0.3 is 0 Å². The van der Waals surface area contributed by atoms with Crippen molar-refractivity contribution in [3.05, 3.63) is 77.6 Å². The van der Waals surface area contributed by atoms with Gasteiger partial charge in [-0.05, 0) is 36.5 Å². The van der Waals surface area contributed by atoms with Crippen LogP contribution in [0.3, 0.4) is 0 Å². The van der Waals surface area contributed by atoms with Crippen molar-refractivity contribution >= 4 is 53.3 Å². The van der Waals surface area contributed by atoms with Crippen LogP contribution in [0.4, 0.5) is 5.82 Å². The Morgan fingerprint density at radius 2 is 1.86 bits per heavy atom. The van der Waals surface area contributed by atoms with Gasteiger partial charge in [-0.15, -0.1) is 0 Å². The first-order chi connectivity index (χ1) is 17.1. The molecule has 0 radical (unpaired) electrons. The molecule has 1 N–H and O–H groups in total. The molecule has 3 aromatic heterocycles. The highest BCUT2D eigenvalue weighted by Gasteiger charge is 2.26. The normalized spacial score (nSPS) is 14.6. The zero-order valence-electron chi connectivity index (χ0n) is 19.2. The first-order valence-corrected chi connectivity index (χ1v) is 12.1. The van der Waals surface area contributed by atoms with E-state index in [1.54, 1.807) is 0 Å². The van der Waals surface area contributed by atoms with Gasteiger partial charge in [0.1, 0.15) is 19.2 Å². The Kier molecular flexibility index (Phi) is 5.45. The lowest BCUT2D eigenvalue weighted by atomic mass is 10.0. The SMILES string of the molecule is Bc1cnn2c(NC3CCN(C(=O)c4cc5ccccc5o4)CC3)cc(-c3ccccc3Cl)nc12. The Labute approximate surface area is 208 Å². The molecule has 1 aliphatic rings. The number of likely N-dealkylation sites (tertiary alicyclic amines) is 1. The number of hydrogen-bond donors (Lipinski definition) is 1. The molecule has 0 unspecified atom stereocenters. The van der Waals surface area contributed by atoms with E-state index < -0.39 is 0 Å². The van der Waals surface area contributed by atoms with Gasteiger partial charge in [0.2, 0.25) is 0 Å². The first-order valence-electron chi connectivity index (χ1n) is 11.7. The van der Waals surface area contributed by atoms with Crippen molar-refractivity contribution < 1.29 is 9.21 Å². The number of para-hydroxylation sites is 1. The lowest BCUT2D eigenvalue weighted by molar-refractivity contribution is 0.0688. The molecule has 1 aliphatic heterocycles. The Bertz CT molecular complexity index is 1520. The zero-order chi connectivity index (χ0) is 23.9. The van der Waals surface area contributed by atoms with E-state index in [-0.39, 0.29) is 11.9 Å². The van der Waals surface area contributed by atoms with E-state index in [2.05, 4.69) is 10.4 Å². The Balaban J connectivity index is 1.21. The lowest BCUT2D eigenvalue weighted by Gasteiger charge is -2.32. The molecule has 0 spiro atoms. The fourth-order valence-electron chi connectivity index (χ4n) is 4.66. The van der Waals surface area contributed by atoms with Crippen LogP contribution in [0.1, 0.15) is 23.4 Å². The van der Waals surface area contributed by atoms with Crippen LogP contribution in [-0.2, 0) is 0 Å². The van der Waals surface area contributed by atoms with E-state index in [1.165, 1.54) is 0 Å². The molecule has 1 saturated heterocycles. The maximum absolute atomic E-state index is 13.0. The number of piperidine rings is 1. The summed E-state index contributed by atoms with van der Waals surface area (Å²) >= 11 is 6.46. The van der Waals surface area contributed by atoms with Crippen molar-refractivity contribution in [1.82, 2.24) is 19.5 Å². The fourth-order valence-corrected chi connectivity index (χ4v) is 4.89. The van der Waals surface area contributed by atoms with E-state index in [9.17, 15) is 4.79 Å². The zero-order valence-corrected chi connectivity index (χ0v) is 20.0. The number of nitrogens with zero attached hydrogens (tertiary/aromatic N) is 4. The third kappa shape index (κ3) is 4.04. The van der Waals surface area contributed by atoms with E-state index in [0.29, 0.717) is 23.9 Å². The second-order valence-electron chi connectivity index (χ2n) is 8.93. The third-order valence-corrected chi connectivity index (χ3v) is 6.90. The number of hydrogen-bond acceptors (Lipinski definition) is 5. The predicted molar refractivity (Wildman–Crippen MR) is 140 cm³/mol. The summed E-state index contributed by atoms with van der Waals surface area (Å²) in [5.41, 5.74) is 4.20. The summed E-state index contributed by atoms with van der Waals surface area (Å²) in [6, 6.07) is 19.4. The molecule has 35 heavy (non-hydrogen) atoms. The average molecular weight is 484 g/mol. The molecule has 7 nitrogen and oxygen atoms in total. The Hall–Kier alpha value is -3.78. The van der Waals surface area contributed by atoms with Gasteiger partial charge in [0, 0.05) is 47.4 Å². The number of benzene rings is 2. The predicted octanol–water partition coefficient (Wildman–Crippen LogP) is 3.77. The monoisotopic (exact) mass is 483 g/mol. The van der Waals surface area contributed by atoms with Crippen LogP contribution in [0.2, 0.25) is 5.02 Å². The molecule has 1 amide bonds. The number of fused-ring (bicyclic) bond motifs is 2. The lowest BCUT2D eigenvalue weighted by Crippen LogP contribution is -2.42. The minimum Gasteiger partial charge on any atom is -0.451 e. The number of amides is 1. The molecule has 4 heterocycles. The van der Waals surface area contributed by atoms with Gasteiger partial charge in [-0.25, -0.2) is 4.98 Å². The molecule has 6 rings (SSSR count). The van der Waals surface area contributed by atoms with Gasteiger partial charge in [-0.1, -0.05) is 48.0 Å². The Morgan fingerprint density at radius 3 is 2.66 bits per heavy atom. The average Bonchev–Trinajstić information content (AvgIpc) is 3.48. The number of nitrogens with one attached hydrogen (secondary N) is 1. The molecule has 0 bridgehead atoms. The standard InChI is InChI=1S/C26H23BClN5O2/c27-19-15-29-33-24(14-21(31-25(19)33)18-6-2-3-7-20(18)28)30-17-9-11-32(12-10-17)26(34)23-13-16-5-1-4-8-22(16)35-23/h1-8,13-15,17,30H,9-12,27H2. The van der Waals surface area contributed by atoms with Gasteiger partial charge in [0.25, 0.3) is 5.91 Å². The van der Waals surface area contributed by atoms with Crippen molar-refractivity contribution in [2.75, 3.05) is 18.4 Å². The van der Waals surface area contributed by atoms with Crippen molar-refractivity contribution in [2.24, 2.45) is 0 Å². The van der Waals surface area contributed by atoms with E-state index >= 15 is 0 Å². The van der Waals surface area contributed by atoms with E-state index in [0.717, 1.165) is 52.0 Å². The molecule has 174 valence electrons. The van der Waals surface area contributed by atoms with E-state index in [4.69, 9.17) is 21.0 Å². The third-order valence-electron chi connectivity index (χ3n) is 6.57. The summed E-state index contributed by atoms with van der Waals surface area (Å²) in [4.78, 5) is 19.7. The summed E-state index contributed by atoms with van der Waals surface area (Å²) < 4.78 is 7.62. The molecule has 0 saturated carbocycles. The summed E-state index contributed by atoms with van der Waals surface area (Å²) in [6.07, 6.45) is 3.45. The molecule has 0 atom stereocenters. The quantitative estimate of drug-likeness (QED) is 0.394. The van der Waals surface area contributed by atoms with Crippen LogP contribution in [-0.4, -0.2) is 52.4 Å². The molecule has 9 heteroatoms. The van der Waals surface area contributed by atoms with Crippen LogP contribution < -0.4 is 10.8 Å². The molecular weight excluding hydrogens is 461 g/mol. The summed E-state index contributed by atoms with van der Waals surface area (Å²) in [5, 5.41) is 9.77. The van der Waals surface area contributed by atoms with Crippen LogP contribution in [0.25, 0.3) is 27.9 Å². The largest absolute Gasteiger partial charge is 0.451 e. The Morgan fingerprint density at radius 1 is 1.09 bits per heavy atom.